The number of rotatable bonds is 4. The van der Waals surface area contributed by atoms with Crippen LogP contribution >= 0.6 is 22.9 Å². The van der Waals surface area contributed by atoms with Gasteiger partial charge in [0.25, 0.3) is 17.5 Å². The third-order valence-corrected chi connectivity index (χ3v) is 5.21. The van der Waals surface area contributed by atoms with Crippen molar-refractivity contribution in [1.29, 1.82) is 0 Å². The van der Waals surface area contributed by atoms with Crippen molar-refractivity contribution < 1.29 is 14.5 Å². The Labute approximate surface area is 150 Å². The van der Waals surface area contributed by atoms with Gasteiger partial charge in [0.1, 0.15) is 9.58 Å². The van der Waals surface area contributed by atoms with Crippen molar-refractivity contribution in [2.24, 2.45) is 5.73 Å². The molecule has 126 valence electrons. The van der Waals surface area contributed by atoms with Crippen LogP contribution in [0.3, 0.4) is 0 Å². The van der Waals surface area contributed by atoms with Gasteiger partial charge in [-0.05, 0) is 12.1 Å². The third-order valence-electron chi connectivity index (χ3n) is 3.48. The lowest BCUT2D eigenvalue weighted by molar-refractivity contribution is -0.382. The van der Waals surface area contributed by atoms with Gasteiger partial charge in [0, 0.05) is 11.5 Å². The number of nitrogens with one attached hydrogen (secondary N) is 1. The largest absolute Gasteiger partial charge is 0.366 e. The zero-order chi connectivity index (χ0) is 18.1. The molecule has 0 unspecified atom stereocenters. The molecule has 3 rings (SSSR count). The first-order valence-corrected chi connectivity index (χ1v) is 8.15. The fourth-order valence-electron chi connectivity index (χ4n) is 2.35. The maximum atomic E-state index is 12.6. The summed E-state index contributed by atoms with van der Waals surface area (Å²) in [5, 5.41) is 14.3. The number of nitro benzene ring substituents is 1. The predicted molar refractivity (Wildman–Crippen MR) is 96.4 cm³/mol. The molecule has 0 radical (unpaired) electrons. The summed E-state index contributed by atoms with van der Waals surface area (Å²) >= 11 is 7.15. The number of benzene rings is 2. The molecule has 0 aliphatic heterocycles. The number of fused-ring (bicyclic) bond motifs is 1. The Kier molecular flexibility index (Phi) is 4.39. The molecule has 2 aromatic carbocycles. The van der Waals surface area contributed by atoms with Crippen molar-refractivity contribution in [1.82, 2.24) is 0 Å². The number of carbonyl (C=O) groups is 2. The molecule has 1 heterocycles. The molecule has 0 saturated heterocycles. The summed E-state index contributed by atoms with van der Waals surface area (Å²) in [5.41, 5.74) is 5.55. The number of amides is 2. The number of non-ortho nitro benzene ring substituents is 1. The zero-order valence-electron chi connectivity index (χ0n) is 12.5. The molecule has 0 bridgehead atoms. The fourth-order valence-corrected chi connectivity index (χ4v) is 3.84. The van der Waals surface area contributed by atoms with E-state index in [1.807, 2.05) is 0 Å². The van der Waals surface area contributed by atoms with Crippen molar-refractivity contribution in [2.45, 2.75) is 0 Å². The minimum atomic E-state index is -0.686. The van der Waals surface area contributed by atoms with Crippen LogP contribution in [-0.2, 0) is 0 Å². The first kappa shape index (κ1) is 16.9. The number of nitro groups is 1. The standard InChI is InChI=1S/C16H10ClN3O4S/c17-12-9-5-3-7-11(20(23)24)13(9)25-14(12)16(22)19-10-6-2-1-4-8(10)15(18)21/h1-7H,(H2,18,21)(H,19,22). The Bertz CT molecular complexity index is 1030. The first-order chi connectivity index (χ1) is 11.9. The van der Waals surface area contributed by atoms with Gasteiger partial charge in [-0.2, -0.15) is 0 Å². The van der Waals surface area contributed by atoms with Gasteiger partial charge >= 0.3 is 0 Å². The summed E-state index contributed by atoms with van der Waals surface area (Å²) in [7, 11) is 0. The number of nitrogens with two attached hydrogens (primary N) is 1. The lowest BCUT2D eigenvalue weighted by Crippen LogP contribution is -2.17. The Morgan fingerprint density at radius 3 is 2.56 bits per heavy atom. The number of halogens is 1. The van der Waals surface area contributed by atoms with E-state index in [9.17, 15) is 19.7 Å². The molecule has 0 aliphatic rings. The van der Waals surface area contributed by atoms with Crippen molar-refractivity contribution in [2.75, 3.05) is 5.32 Å². The van der Waals surface area contributed by atoms with Crippen LogP contribution in [0.5, 0.6) is 0 Å². The molecule has 0 atom stereocenters. The minimum Gasteiger partial charge on any atom is -0.366 e. The maximum absolute atomic E-state index is 12.6. The predicted octanol–water partition coefficient (Wildman–Crippen LogP) is 3.81. The number of hydrogen-bond acceptors (Lipinski definition) is 5. The lowest BCUT2D eigenvalue weighted by atomic mass is 10.1. The van der Waals surface area contributed by atoms with Crippen LogP contribution in [0.1, 0.15) is 20.0 Å². The highest BCUT2D eigenvalue weighted by molar-refractivity contribution is 7.22. The highest BCUT2D eigenvalue weighted by atomic mass is 35.5. The molecular formula is C16H10ClN3O4S. The van der Waals surface area contributed by atoms with Crippen LogP contribution in [0.15, 0.2) is 42.5 Å². The van der Waals surface area contributed by atoms with Crippen molar-refractivity contribution >= 4 is 56.2 Å². The second-order valence-electron chi connectivity index (χ2n) is 5.02. The topological polar surface area (TPSA) is 115 Å². The Balaban J connectivity index is 2.04. The molecule has 1 aromatic heterocycles. The second kappa shape index (κ2) is 6.50. The van der Waals surface area contributed by atoms with E-state index in [-0.39, 0.29) is 26.8 Å². The Morgan fingerprint density at radius 1 is 1.16 bits per heavy atom. The number of anilines is 1. The smallest absolute Gasteiger partial charge is 0.287 e. The second-order valence-corrected chi connectivity index (χ2v) is 6.42. The highest BCUT2D eigenvalue weighted by Gasteiger charge is 2.23. The van der Waals surface area contributed by atoms with Gasteiger partial charge in [0.2, 0.25) is 0 Å². The summed E-state index contributed by atoms with van der Waals surface area (Å²) in [6.07, 6.45) is 0. The Hall–Kier alpha value is -2.97. The summed E-state index contributed by atoms with van der Waals surface area (Å²) < 4.78 is 0.311. The Morgan fingerprint density at radius 2 is 1.88 bits per heavy atom. The summed E-state index contributed by atoms with van der Waals surface area (Å²) in [6.45, 7) is 0. The van der Waals surface area contributed by atoms with E-state index < -0.39 is 16.7 Å². The van der Waals surface area contributed by atoms with E-state index in [2.05, 4.69) is 5.32 Å². The summed E-state index contributed by atoms with van der Waals surface area (Å²) in [4.78, 5) is 34.7. The summed E-state index contributed by atoms with van der Waals surface area (Å²) in [5.74, 6) is -1.26. The molecule has 0 saturated carbocycles. The van der Waals surface area contributed by atoms with Gasteiger partial charge < -0.3 is 11.1 Å². The monoisotopic (exact) mass is 375 g/mol. The number of hydrogen-bond donors (Lipinski definition) is 2. The normalized spacial score (nSPS) is 10.6. The first-order valence-electron chi connectivity index (χ1n) is 6.95. The van der Waals surface area contributed by atoms with Gasteiger partial charge in [-0.1, -0.05) is 35.9 Å². The number of carbonyl (C=O) groups excluding carboxylic acids is 2. The van der Waals surface area contributed by atoms with Gasteiger partial charge in [0.05, 0.1) is 21.2 Å². The molecular weight excluding hydrogens is 366 g/mol. The van der Waals surface area contributed by atoms with Crippen LogP contribution in [0.4, 0.5) is 11.4 Å². The van der Waals surface area contributed by atoms with Crippen LogP contribution in [0, 0.1) is 10.1 Å². The number of primary amides is 1. The average molecular weight is 376 g/mol. The van der Waals surface area contributed by atoms with Crippen LogP contribution in [0.25, 0.3) is 10.1 Å². The van der Waals surface area contributed by atoms with E-state index in [1.54, 1.807) is 18.2 Å². The van der Waals surface area contributed by atoms with Crippen LogP contribution < -0.4 is 11.1 Å². The van der Waals surface area contributed by atoms with E-state index >= 15 is 0 Å². The SMILES string of the molecule is NC(=O)c1ccccc1NC(=O)c1sc2c([N+](=O)[O-])cccc2c1Cl. The molecule has 3 aromatic rings. The third kappa shape index (κ3) is 3.04. The zero-order valence-corrected chi connectivity index (χ0v) is 14.1. The average Bonchev–Trinajstić information content (AvgIpc) is 2.92. The lowest BCUT2D eigenvalue weighted by Gasteiger charge is -2.07. The molecule has 25 heavy (non-hydrogen) atoms. The van der Waals surface area contributed by atoms with Gasteiger partial charge in [-0.25, -0.2) is 0 Å². The number of thiophene rings is 1. The van der Waals surface area contributed by atoms with Crippen molar-refractivity contribution in [3.8, 4) is 0 Å². The molecule has 0 aliphatic carbocycles. The minimum absolute atomic E-state index is 0.116. The molecule has 2 amide bonds. The fraction of sp³-hybridized carbons (Fsp3) is 0. The van der Waals surface area contributed by atoms with E-state index in [0.717, 1.165) is 11.3 Å². The van der Waals surface area contributed by atoms with Crippen molar-refractivity contribution in [3.63, 3.8) is 0 Å². The van der Waals surface area contributed by atoms with Gasteiger partial charge in [-0.15, -0.1) is 11.3 Å². The summed E-state index contributed by atoms with van der Waals surface area (Å²) in [6, 6.07) is 10.7. The van der Waals surface area contributed by atoms with Gasteiger partial charge in [-0.3, -0.25) is 19.7 Å². The molecule has 0 fully saturated rings. The molecule has 3 N–H and O–H groups in total. The van der Waals surface area contributed by atoms with Gasteiger partial charge in [0.15, 0.2) is 0 Å². The number of nitrogens with zero attached hydrogens (tertiary/aromatic N) is 1. The van der Waals surface area contributed by atoms with Crippen LogP contribution in [0.2, 0.25) is 5.02 Å². The quantitative estimate of drug-likeness (QED) is 0.532. The van der Waals surface area contributed by atoms with E-state index in [4.69, 9.17) is 17.3 Å². The van der Waals surface area contributed by atoms with E-state index in [0.29, 0.717) is 10.1 Å². The molecule has 0 spiro atoms. The van der Waals surface area contributed by atoms with E-state index in [1.165, 1.54) is 24.3 Å². The number of para-hydroxylation sites is 1. The maximum Gasteiger partial charge on any atom is 0.287 e. The van der Waals surface area contributed by atoms with Crippen LogP contribution in [-0.4, -0.2) is 16.7 Å². The molecule has 9 heteroatoms. The van der Waals surface area contributed by atoms with Crippen molar-refractivity contribution in [3.05, 3.63) is 68.0 Å². The highest BCUT2D eigenvalue weighted by Crippen LogP contribution is 2.40. The molecule has 7 nitrogen and oxygen atoms in total.